The first-order valence-corrected chi connectivity index (χ1v) is 7.18. The summed E-state index contributed by atoms with van der Waals surface area (Å²) in [6.45, 7) is 4.05. The van der Waals surface area contributed by atoms with Gasteiger partial charge in [0.25, 0.3) is 0 Å². The molecule has 0 saturated carbocycles. The van der Waals surface area contributed by atoms with Gasteiger partial charge in [-0.3, -0.25) is 0 Å². The number of ether oxygens (including phenoxy) is 2. The number of rotatable bonds is 3. The zero-order valence-corrected chi connectivity index (χ0v) is 12.6. The van der Waals surface area contributed by atoms with Crippen molar-refractivity contribution in [1.29, 1.82) is 0 Å². The van der Waals surface area contributed by atoms with E-state index in [0.717, 1.165) is 33.8 Å². The molecule has 2 atom stereocenters. The highest BCUT2D eigenvalue weighted by atomic mass is 16.5. The fourth-order valence-electron chi connectivity index (χ4n) is 2.90. The quantitative estimate of drug-likeness (QED) is 0.939. The van der Waals surface area contributed by atoms with Crippen molar-refractivity contribution in [3.63, 3.8) is 0 Å². The summed E-state index contributed by atoms with van der Waals surface area (Å²) in [6, 6.07) is 11.9. The van der Waals surface area contributed by atoms with Crippen LogP contribution < -0.4 is 9.47 Å². The third kappa shape index (κ3) is 2.38. The first-order valence-electron chi connectivity index (χ1n) is 7.18. The van der Waals surface area contributed by atoms with Gasteiger partial charge in [0.15, 0.2) is 0 Å². The first kappa shape index (κ1) is 14.0. The lowest BCUT2D eigenvalue weighted by Crippen LogP contribution is -2.23. The Morgan fingerprint density at radius 2 is 1.95 bits per heavy atom. The van der Waals surface area contributed by atoms with Crippen LogP contribution in [0.1, 0.15) is 28.4 Å². The number of methoxy groups -OCH3 is 1. The second kappa shape index (κ2) is 5.41. The highest BCUT2D eigenvalue weighted by Crippen LogP contribution is 2.38. The molecule has 110 valence electrons. The number of hydrogen-bond donors (Lipinski definition) is 1. The lowest BCUT2D eigenvalue weighted by Gasteiger charge is -2.22. The van der Waals surface area contributed by atoms with Crippen molar-refractivity contribution >= 4 is 0 Å². The average Bonchev–Trinajstić information content (AvgIpc) is 2.93. The minimum absolute atomic E-state index is 0.265. The van der Waals surface area contributed by atoms with Gasteiger partial charge in [0.1, 0.15) is 23.7 Å². The van der Waals surface area contributed by atoms with E-state index >= 15 is 0 Å². The predicted octanol–water partition coefficient (Wildman–Crippen LogP) is 3.35. The number of aliphatic hydroxyl groups is 1. The summed E-state index contributed by atoms with van der Waals surface area (Å²) in [4.78, 5) is 0. The van der Waals surface area contributed by atoms with Gasteiger partial charge < -0.3 is 14.6 Å². The Balaban J connectivity index is 1.91. The summed E-state index contributed by atoms with van der Waals surface area (Å²) >= 11 is 0. The zero-order valence-electron chi connectivity index (χ0n) is 12.6. The molecule has 0 bridgehead atoms. The van der Waals surface area contributed by atoms with Crippen molar-refractivity contribution in [2.24, 2.45) is 0 Å². The van der Waals surface area contributed by atoms with Gasteiger partial charge in [0, 0.05) is 12.0 Å². The molecule has 0 saturated heterocycles. The molecule has 2 aromatic carbocycles. The number of fused-ring (bicyclic) bond motifs is 1. The third-order valence-corrected chi connectivity index (χ3v) is 4.25. The Morgan fingerprint density at radius 3 is 2.67 bits per heavy atom. The molecule has 0 amide bonds. The average molecular weight is 284 g/mol. The summed E-state index contributed by atoms with van der Waals surface area (Å²) < 4.78 is 11.4. The number of aryl methyl sites for hydroxylation is 1. The molecule has 0 radical (unpaired) electrons. The van der Waals surface area contributed by atoms with E-state index in [2.05, 4.69) is 0 Å². The molecule has 0 spiro atoms. The molecule has 1 heterocycles. The van der Waals surface area contributed by atoms with E-state index in [0.29, 0.717) is 6.42 Å². The van der Waals surface area contributed by atoms with E-state index < -0.39 is 6.10 Å². The standard InChI is InChI=1S/C18H20O3/c1-11-8-9-14(18(20-3)12(11)2)17(19)16-10-13-6-4-5-7-15(13)21-16/h4-9,16-17,19H,10H2,1-3H3. The number of para-hydroxylation sites is 1. The molecule has 1 aliphatic heterocycles. The van der Waals surface area contributed by atoms with Gasteiger partial charge in [-0.05, 0) is 36.6 Å². The Kier molecular flexibility index (Phi) is 3.60. The van der Waals surface area contributed by atoms with Crippen LogP contribution in [0.4, 0.5) is 0 Å². The van der Waals surface area contributed by atoms with E-state index in [-0.39, 0.29) is 6.10 Å². The van der Waals surface area contributed by atoms with Crippen molar-refractivity contribution < 1.29 is 14.6 Å². The number of aliphatic hydroxyl groups excluding tert-OH is 1. The topological polar surface area (TPSA) is 38.7 Å². The molecule has 1 aliphatic rings. The van der Waals surface area contributed by atoms with E-state index in [4.69, 9.17) is 9.47 Å². The Bertz CT molecular complexity index is 639. The minimum atomic E-state index is -0.702. The highest BCUT2D eigenvalue weighted by molar-refractivity contribution is 5.47. The molecule has 3 heteroatoms. The van der Waals surface area contributed by atoms with Crippen molar-refractivity contribution in [3.05, 3.63) is 58.7 Å². The molecule has 0 fully saturated rings. The van der Waals surface area contributed by atoms with Crippen LogP contribution in [0.3, 0.4) is 0 Å². The summed E-state index contributed by atoms with van der Waals surface area (Å²) in [5.41, 5.74) is 4.14. The molecule has 2 aromatic rings. The fourth-order valence-corrected chi connectivity index (χ4v) is 2.90. The molecule has 0 aliphatic carbocycles. The van der Waals surface area contributed by atoms with Gasteiger partial charge in [-0.2, -0.15) is 0 Å². The van der Waals surface area contributed by atoms with Gasteiger partial charge in [-0.15, -0.1) is 0 Å². The van der Waals surface area contributed by atoms with Crippen LogP contribution >= 0.6 is 0 Å². The van der Waals surface area contributed by atoms with Crippen LogP contribution in [0, 0.1) is 13.8 Å². The van der Waals surface area contributed by atoms with Crippen LogP contribution in [0.2, 0.25) is 0 Å². The van der Waals surface area contributed by atoms with E-state index in [1.54, 1.807) is 7.11 Å². The van der Waals surface area contributed by atoms with Crippen LogP contribution in [0.5, 0.6) is 11.5 Å². The normalized spacial score (nSPS) is 18.0. The minimum Gasteiger partial charge on any atom is -0.496 e. The molecule has 3 rings (SSSR count). The predicted molar refractivity (Wildman–Crippen MR) is 82.0 cm³/mol. The smallest absolute Gasteiger partial charge is 0.133 e. The molecule has 2 unspecified atom stereocenters. The molecule has 3 nitrogen and oxygen atoms in total. The van der Waals surface area contributed by atoms with E-state index in [9.17, 15) is 5.11 Å². The molecule has 21 heavy (non-hydrogen) atoms. The lowest BCUT2D eigenvalue weighted by atomic mass is 9.96. The monoisotopic (exact) mass is 284 g/mol. The van der Waals surface area contributed by atoms with Crippen molar-refractivity contribution in [3.8, 4) is 11.5 Å². The SMILES string of the molecule is COc1c(C(O)C2Cc3ccccc3O2)ccc(C)c1C. The Hall–Kier alpha value is -2.00. The van der Waals surface area contributed by atoms with Crippen LogP contribution in [-0.2, 0) is 6.42 Å². The number of benzene rings is 2. The second-order valence-electron chi connectivity index (χ2n) is 5.54. The van der Waals surface area contributed by atoms with E-state index in [1.807, 2.05) is 50.2 Å². The summed E-state index contributed by atoms with van der Waals surface area (Å²) in [6.07, 6.45) is -0.252. The fraction of sp³-hybridized carbons (Fsp3) is 0.333. The van der Waals surface area contributed by atoms with Crippen LogP contribution in [0.25, 0.3) is 0 Å². The second-order valence-corrected chi connectivity index (χ2v) is 5.54. The summed E-state index contributed by atoms with van der Waals surface area (Å²) in [7, 11) is 1.64. The van der Waals surface area contributed by atoms with Crippen molar-refractivity contribution in [1.82, 2.24) is 0 Å². The van der Waals surface area contributed by atoms with E-state index in [1.165, 1.54) is 0 Å². The maximum atomic E-state index is 10.7. The molecular weight excluding hydrogens is 264 g/mol. The first-order chi connectivity index (χ1) is 10.1. The van der Waals surface area contributed by atoms with Crippen LogP contribution in [0.15, 0.2) is 36.4 Å². The molecule has 0 aromatic heterocycles. The Labute approximate surface area is 125 Å². The van der Waals surface area contributed by atoms with Crippen LogP contribution in [-0.4, -0.2) is 18.3 Å². The highest BCUT2D eigenvalue weighted by Gasteiger charge is 2.32. The van der Waals surface area contributed by atoms with Crippen molar-refractivity contribution in [2.45, 2.75) is 32.5 Å². The van der Waals surface area contributed by atoms with Crippen molar-refractivity contribution in [2.75, 3.05) is 7.11 Å². The zero-order chi connectivity index (χ0) is 15.0. The maximum Gasteiger partial charge on any atom is 0.133 e. The lowest BCUT2D eigenvalue weighted by molar-refractivity contribution is 0.0474. The maximum absolute atomic E-state index is 10.7. The summed E-state index contributed by atoms with van der Waals surface area (Å²) in [5, 5.41) is 10.7. The largest absolute Gasteiger partial charge is 0.496 e. The molecule has 1 N–H and O–H groups in total. The van der Waals surface area contributed by atoms with Gasteiger partial charge >= 0.3 is 0 Å². The molecular formula is C18H20O3. The van der Waals surface area contributed by atoms with Gasteiger partial charge in [-0.1, -0.05) is 30.3 Å². The summed E-state index contributed by atoms with van der Waals surface area (Å²) in [5.74, 6) is 1.62. The Morgan fingerprint density at radius 1 is 1.19 bits per heavy atom. The van der Waals surface area contributed by atoms with Gasteiger partial charge in [0.2, 0.25) is 0 Å². The van der Waals surface area contributed by atoms with Gasteiger partial charge in [0.05, 0.1) is 7.11 Å². The van der Waals surface area contributed by atoms with Gasteiger partial charge in [-0.25, -0.2) is 0 Å². The third-order valence-electron chi connectivity index (χ3n) is 4.25. The number of hydrogen-bond acceptors (Lipinski definition) is 3.